The highest BCUT2D eigenvalue weighted by atomic mass is 35.5. The van der Waals surface area contributed by atoms with Crippen LogP contribution in [0.4, 0.5) is 5.69 Å². The third kappa shape index (κ3) is 5.68. The van der Waals surface area contributed by atoms with E-state index in [0.717, 1.165) is 51.7 Å². The number of aryl methyl sites for hydroxylation is 2. The summed E-state index contributed by atoms with van der Waals surface area (Å²) in [6.45, 7) is 7.19. The SMILES string of the molecule is CCN(C)C=Nc1cc(C)c(C2=NOC(CSc3cc(Cl)ccc3Cl)C2)cc1C. The average Bonchev–Trinajstić information content (AvgIpc) is 3.17. The second-order valence-electron chi connectivity index (χ2n) is 7.13. The van der Waals surface area contributed by atoms with Crippen molar-refractivity contribution in [3.8, 4) is 0 Å². The molecule has 1 aliphatic heterocycles. The Labute approximate surface area is 186 Å². The van der Waals surface area contributed by atoms with Crippen molar-refractivity contribution in [1.29, 1.82) is 0 Å². The summed E-state index contributed by atoms with van der Waals surface area (Å²) in [5, 5.41) is 5.74. The van der Waals surface area contributed by atoms with Gasteiger partial charge >= 0.3 is 0 Å². The molecule has 0 radical (unpaired) electrons. The third-order valence-electron chi connectivity index (χ3n) is 4.80. The van der Waals surface area contributed by atoms with E-state index in [-0.39, 0.29) is 6.10 Å². The molecule has 0 spiro atoms. The molecule has 3 rings (SSSR count). The molecular weight excluding hydrogens is 425 g/mol. The van der Waals surface area contributed by atoms with Gasteiger partial charge in [0.15, 0.2) is 0 Å². The highest BCUT2D eigenvalue weighted by Gasteiger charge is 2.24. The Hall–Kier alpha value is -1.69. The maximum atomic E-state index is 6.25. The van der Waals surface area contributed by atoms with E-state index in [4.69, 9.17) is 28.0 Å². The number of oxime groups is 1. The Morgan fingerprint density at radius 3 is 2.79 bits per heavy atom. The summed E-state index contributed by atoms with van der Waals surface area (Å²) in [7, 11) is 2.01. The third-order valence-corrected chi connectivity index (χ3v) is 6.66. The van der Waals surface area contributed by atoms with Gasteiger partial charge in [-0.3, -0.25) is 0 Å². The van der Waals surface area contributed by atoms with Crippen molar-refractivity contribution in [2.75, 3.05) is 19.3 Å². The van der Waals surface area contributed by atoms with E-state index in [9.17, 15) is 0 Å². The molecule has 0 aliphatic carbocycles. The molecule has 4 nitrogen and oxygen atoms in total. The maximum absolute atomic E-state index is 6.25. The van der Waals surface area contributed by atoms with Gasteiger partial charge in [0.05, 0.1) is 22.8 Å². The summed E-state index contributed by atoms with van der Waals surface area (Å²) < 4.78 is 0. The minimum absolute atomic E-state index is 0.0145. The first kappa shape index (κ1) is 22.0. The first-order chi connectivity index (χ1) is 13.9. The summed E-state index contributed by atoms with van der Waals surface area (Å²) in [5.41, 5.74) is 5.36. The summed E-state index contributed by atoms with van der Waals surface area (Å²) in [5.74, 6) is 0.761. The highest BCUT2D eigenvalue weighted by molar-refractivity contribution is 7.99. The molecule has 0 saturated heterocycles. The van der Waals surface area contributed by atoms with Gasteiger partial charge in [-0.2, -0.15) is 0 Å². The van der Waals surface area contributed by atoms with Gasteiger partial charge in [-0.1, -0.05) is 28.4 Å². The van der Waals surface area contributed by atoms with Gasteiger partial charge in [-0.15, -0.1) is 11.8 Å². The smallest absolute Gasteiger partial charge is 0.142 e. The van der Waals surface area contributed by atoms with Gasteiger partial charge < -0.3 is 9.74 Å². The van der Waals surface area contributed by atoms with Crippen molar-refractivity contribution in [2.45, 2.75) is 38.2 Å². The van der Waals surface area contributed by atoms with Crippen molar-refractivity contribution in [3.05, 3.63) is 57.1 Å². The molecule has 1 unspecified atom stereocenters. The molecule has 154 valence electrons. The molecule has 0 amide bonds. The molecule has 2 aromatic rings. The van der Waals surface area contributed by atoms with Crippen LogP contribution in [0.15, 0.2) is 45.4 Å². The Morgan fingerprint density at radius 2 is 2.03 bits per heavy atom. The van der Waals surface area contributed by atoms with E-state index in [1.54, 1.807) is 17.8 Å². The second-order valence-corrected chi connectivity index (χ2v) is 9.03. The fourth-order valence-corrected chi connectivity index (χ4v) is 4.42. The average molecular weight is 450 g/mol. The van der Waals surface area contributed by atoms with Crippen LogP contribution >= 0.6 is 35.0 Å². The lowest BCUT2D eigenvalue weighted by molar-refractivity contribution is 0.103. The van der Waals surface area contributed by atoms with E-state index in [1.807, 2.05) is 30.4 Å². The van der Waals surface area contributed by atoms with Gasteiger partial charge in [0.25, 0.3) is 0 Å². The van der Waals surface area contributed by atoms with E-state index >= 15 is 0 Å². The van der Waals surface area contributed by atoms with E-state index < -0.39 is 0 Å². The summed E-state index contributed by atoms with van der Waals surface area (Å²) >= 11 is 14.0. The summed E-state index contributed by atoms with van der Waals surface area (Å²) in [6.07, 6.45) is 2.65. The standard InChI is InChI=1S/C22H25Cl2N3OS/c1-5-27(4)13-25-20-9-14(2)18(8-15(20)3)21-11-17(28-26-21)12-29-22-10-16(23)6-7-19(22)24/h6-10,13,17H,5,11-12H2,1-4H3. The van der Waals surface area contributed by atoms with Crippen LogP contribution in [-0.2, 0) is 4.84 Å². The van der Waals surface area contributed by atoms with Crippen LogP contribution in [0.1, 0.15) is 30.0 Å². The Kier molecular flexibility index (Phi) is 7.49. The lowest BCUT2D eigenvalue weighted by Gasteiger charge is -2.12. The second kappa shape index (κ2) is 9.88. The van der Waals surface area contributed by atoms with E-state index in [2.05, 4.69) is 43.1 Å². The molecule has 7 heteroatoms. The largest absolute Gasteiger partial charge is 0.391 e. The zero-order valence-electron chi connectivity index (χ0n) is 17.1. The Morgan fingerprint density at radius 1 is 1.24 bits per heavy atom. The van der Waals surface area contributed by atoms with Crippen molar-refractivity contribution < 1.29 is 4.84 Å². The molecular formula is C22H25Cl2N3OS. The first-order valence-corrected chi connectivity index (χ1v) is 11.3. The zero-order chi connectivity index (χ0) is 21.0. The molecule has 0 saturated carbocycles. The molecule has 2 aromatic carbocycles. The van der Waals surface area contributed by atoms with Gasteiger partial charge in [0.2, 0.25) is 0 Å². The number of aliphatic imine (C=N–C) groups is 1. The normalized spacial score (nSPS) is 16.2. The van der Waals surface area contributed by atoms with Crippen molar-refractivity contribution in [3.63, 3.8) is 0 Å². The lowest BCUT2D eigenvalue weighted by atomic mass is 9.97. The Balaban J connectivity index is 1.65. The van der Waals surface area contributed by atoms with Crippen LogP contribution in [0.5, 0.6) is 0 Å². The first-order valence-electron chi connectivity index (χ1n) is 9.54. The zero-order valence-corrected chi connectivity index (χ0v) is 19.4. The van der Waals surface area contributed by atoms with Crippen LogP contribution in [0.3, 0.4) is 0 Å². The summed E-state index contributed by atoms with van der Waals surface area (Å²) in [4.78, 5) is 13.3. The number of halogens is 2. The molecule has 0 fully saturated rings. The molecule has 1 aliphatic rings. The maximum Gasteiger partial charge on any atom is 0.142 e. The Bertz CT molecular complexity index is 946. The fourth-order valence-electron chi connectivity index (χ4n) is 2.94. The van der Waals surface area contributed by atoms with Crippen LogP contribution < -0.4 is 0 Å². The number of hydrogen-bond acceptors (Lipinski definition) is 4. The summed E-state index contributed by atoms with van der Waals surface area (Å²) in [6, 6.07) is 9.76. The monoisotopic (exact) mass is 449 g/mol. The van der Waals surface area contributed by atoms with Crippen molar-refractivity contribution in [1.82, 2.24) is 4.90 Å². The minimum Gasteiger partial charge on any atom is -0.391 e. The molecule has 0 aromatic heterocycles. The topological polar surface area (TPSA) is 37.2 Å². The van der Waals surface area contributed by atoms with Crippen LogP contribution in [-0.4, -0.2) is 42.4 Å². The van der Waals surface area contributed by atoms with E-state index in [0.29, 0.717) is 10.0 Å². The molecule has 29 heavy (non-hydrogen) atoms. The lowest BCUT2D eigenvalue weighted by Crippen LogP contribution is -2.14. The van der Waals surface area contributed by atoms with Crippen molar-refractivity contribution >= 4 is 52.7 Å². The molecule has 0 N–H and O–H groups in total. The van der Waals surface area contributed by atoms with E-state index in [1.165, 1.54) is 0 Å². The quantitative estimate of drug-likeness (QED) is 0.274. The minimum atomic E-state index is 0.0145. The number of nitrogens with zero attached hydrogens (tertiary/aromatic N) is 3. The predicted octanol–water partition coefficient (Wildman–Crippen LogP) is 6.51. The molecule has 1 atom stereocenters. The molecule has 1 heterocycles. The number of benzene rings is 2. The van der Waals surface area contributed by atoms with Gasteiger partial charge in [-0.25, -0.2) is 4.99 Å². The fraction of sp³-hybridized carbons (Fsp3) is 0.364. The van der Waals surface area contributed by atoms with Crippen molar-refractivity contribution in [2.24, 2.45) is 10.1 Å². The van der Waals surface area contributed by atoms with Gasteiger partial charge in [-0.05, 0) is 62.2 Å². The van der Waals surface area contributed by atoms with Crippen LogP contribution in [0.25, 0.3) is 0 Å². The number of hydrogen-bond donors (Lipinski definition) is 0. The van der Waals surface area contributed by atoms with Gasteiger partial charge in [0, 0.05) is 41.2 Å². The predicted molar refractivity (Wildman–Crippen MR) is 126 cm³/mol. The number of rotatable bonds is 7. The number of thioether (sulfide) groups is 1. The molecule has 0 bridgehead atoms. The van der Waals surface area contributed by atoms with Gasteiger partial charge in [0.1, 0.15) is 6.10 Å². The van der Waals surface area contributed by atoms with Crippen LogP contribution in [0.2, 0.25) is 10.0 Å². The highest BCUT2D eigenvalue weighted by Crippen LogP contribution is 2.33. The van der Waals surface area contributed by atoms with Crippen LogP contribution in [0, 0.1) is 13.8 Å².